The van der Waals surface area contributed by atoms with Gasteiger partial charge < -0.3 is 11.1 Å². The summed E-state index contributed by atoms with van der Waals surface area (Å²) in [7, 11) is 0. The van der Waals surface area contributed by atoms with E-state index in [2.05, 4.69) is 41.7 Å². The van der Waals surface area contributed by atoms with E-state index in [0.29, 0.717) is 12.0 Å². The highest BCUT2D eigenvalue weighted by Crippen LogP contribution is 2.22. The van der Waals surface area contributed by atoms with Crippen LogP contribution >= 0.6 is 11.3 Å². The van der Waals surface area contributed by atoms with Crippen molar-refractivity contribution in [2.45, 2.75) is 39.2 Å². The first kappa shape index (κ1) is 13.0. The van der Waals surface area contributed by atoms with Crippen LogP contribution in [0.1, 0.15) is 44.0 Å². The summed E-state index contributed by atoms with van der Waals surface area (Å²) in [5, 5.41) is 5.39. The van der Waals surface area contributed by atoms with E-state index in [1.165, 1.54) is 4.88 Å². The van der Waals surface area contributed by atoms with Gasteiger partial charge in [-0.15, -0.1) is 11.3 Å². The fourth-order valence-electron chi connectivity index (χ4n) is 1.52. The van der Waals surface area contributed by atoms with E-state index >= 15 is 0 Å². The molecule has 0 radical (unpaired) electrons. The van der Waals surface area contributed by atoms with Gasteiger partial charge in [-0.1, -0.05) is 26.3 Å². The monoisotopic (exact) mass is 239 g/mol. The quantitative estimate of drug-likeness (QED) is 0.592. The fourth-order valence-corrected chi connectivity index (χ4v) is 2.33. The van der Waals surface area contributed by atoms with Gasteiger partial charge in [-0.3, -0.25) is 4.99 Å². The first-order valence-electron chi connectivity index (χ1n) is 5.87. The zero-order chi connectivity index (χ0) is 11.8. The first-order valence-corrected chi connectivity index (χ1v) is 6.75. The van der Waals surface area contributed by atoms with Crippen molar-refractivity contribution >= 4 is 17.3 Å². The smallest absolute Gasteiger partial charge is 0.189 e. The lowest BCUT2D eigenvalue weighted by Gasteiger charge is -2.17. The molecule has 0 aliphatic rings. The van der Waals surface area contributed by atoms with E-state index < -0.39 is 0 Å². The van der Waals surface area contributed by atoms with E-state index in [4.69, 9.17) is 5.73 Å². The number of aliphatic imine (C=N–C) groups is 1. The molecule has 90 valence electrons. The number of nitrogens with one attached hydrogen (secondary N) is 1. The molecular weight excluding hydrogens is 218 g/mol. The molecule has 1 aromatic heterocycles. The molecule has 3 nitrogen and oxygen atoms in total. The van der Waals surface area contributed by atoms with E-state index in [-0.39, 0.29) is 0 Å². The number of nitrogens with zero attached hydrogens (tertiary/aromatic N) is 1. The molecule has 3 N–H and O–H groups in total. The molecule has 0 saturated carbocycles. The summed E-state index contributed by atoms with van der Waals surface area (Å²) < 4.78 is 0. The molecule has 0 fully saturated rings. The van der Waals surface area contributed by atoms with Gasteiger partial charge in [-0.25, -0.2) is 0 Å². The lowest BCUT2D eigenvalue weighted by molar-refractivity contribution is 0.586. The average Bonchev–Trinajstić information content (AvgIpc) is 2.79. The number of hydrogen-bond acceptors (Lipinski definition) is 2. The Morgan fingerprint density at radius 1 is 1.50 bits per heavy atom. The third-order valence-corrected chi connectivity index (χ3v) is 3.28. The molecule has 16 heavy (non-hydrogen) atoms. The fraction of sp³-hybridized carbons (Fsp3) is 0.583. The van der Waals surface area contributed by atoms with Crippen LogP contribution in [-0.4, -0.2) is 12.5 Å². The molecule has 1 heterocycles. The molecule has 1 unspecified atom stereocenters. The van der Waals surface area contributed by atoms with Gasteiger partial charge in [-0.05, 0) is 24.3 Å². The molecule has 0 aromatic carbocycles. The van der Waals surface area contributed by atoms with Crippen LogP contribution < -0.4 is 11.1 Å². The molecule has 1 atom stereocenters. The van der Waals surface area contributed by atoms with Crippen molar-refractivity contribution in [1.29, 1.82) is 0 Å². The normalized spacial score (nSPS) is 13.8. The summed E-state index contributed by atoms with van der Waals surface area (Å²) in [5.41, 5.74) is 5.84. The third kappa shape index (κ3) is 4.23. The Balaban J connectivity index is 2.58. The van der Waals surface area contributed by atoms with Crippen LogP contribution in [0.5, 0.6) is 0 Å². The van der Waals surface area contributed by atoms with Crippen LogP contribution in [0.4, 0.5) is 0 Å². The van der Waals surface area contributed by atoms with Crippen molar-refractivity contribution in [2.24, 2.45) is 10.7 Å². The Kier molecular flexibility index (Phi) is 5.93. The van der Waals surface area contributed by atoms with Crippen LogP contribution in [0.2, 0.25) is 0 Å². The Morgan fingerprint density at radius 3 is 2.88 bits per heavy atom. The molecule has 0 spiro atoms. The Labute approximate surface area is 102 Å². The number of nitrogens with two attached hydrogens (primary N) is 1. The van der Waals surface area contributed by atoms with Crippen LogP contribution in [0, 0.1) is 0 Å². The molecule has 0 aliphatic heterocycles. The SMILES string of the molecule is CCCN=C(N)NC(CCC)c1cccs1. The van der Waals surface area contributed by atoms with Gasteiger partial charge in [0, 0.05) is 11.4 Å². The molecule has 0 bridgehead atoms. The van der Waals surface area contributed by atoms with Gasteiger partial charge in [0.1, 0.15) is 0 Å². The van der Waals surface area contributed by atoms with Gasteiger partial charge in [0.25, 0.3) is 0 Å². The van der Waals surface area contributed by atoms with Crippen LogP contribution in [0.25, 0.3) is 0 Å². The largest absolute Gasteiger partial charge is 0.370 e. The number of rotatable bonds is 6. The highest BCUT2D eigenvalue weighted by Gasteiger charge is 2.11. The highest BCUT2D eigenvalue weighted by molar-refractivity contribution is 7.10. The molecule has 1 aromatic rings. The molecule has 0 amide bonds. The highest BCUT2D eigenvalue weighted by atomic mass is 32.1. The van der Waals surface area contributed by atoms with E-state index in [1.807, 2.05) is 0 Å². The Hall–Kier alpha value is -1.03. The summed E-state index contributed by atoms with van der Waals surface area (Å²) in [6.07, 6.45) is 3.25. The van der Waals surface area contributed by atoms with Crippen molar-refractivity contribution in [2.75, 3.05) is 6.54 Å². The standard InChI is InChI=1S/C12H21N3S/c1-3-6-10(11-7-5-9-16-11)15-12(13)14-8-4-2/h5,7,9-10H,3-4,6,8H2,1-2H3,(H3,13,14,15). The van der Waals surface area contributed by atoms with E-state index in [1.54, 1.807) is 11.3 Å². The van der Waals surface area contributed by atoms with Crippen molar-refractivity contribution < 1.29 is 0 Å². The van der Waals surface area contributed by atoms with Crippen LogP contribution in [0.3, 0.4) is 0 Å². The number of thiophene rings is 1. The van der Waals surface area contributed by atoms with Gasteiger partial charge >= 0.3 is 0 Å². The van der Waals surface area contributed by atoms with Crippen LogP contribution in [0.15, 0.2) is 22.5 Å². The second-order valence-corrected chi connectivity index (χ2v) is 4.75. The van der Waals surface area contributed by atoms with Crippen molar-refractivity contribution in [1.82, 2.24) is 5.32 Å². The van der Waals surface area contributed by atoms with Gasteiger partial charge in [0.15, 0.2) is 5.96 Å². The maximum atomic E-state index is 5.84. The van der Waals surface area contributed by atoms with Crippen molar-refractivity contribution in [3.63, 3.8) is 0 Å². The summed E-state index contributed by atoms with van der Waals surface area (Å²) in [6.45, 7) is 5.07. The first-order chi connectivity index (χ1) is 7.77. The zero-order valence-corrected chi connectivity index (χ0v) is 10.9. The third-order valence-electron chi connectivity index (χ3n) is 2.29. The van der Waals surface area contributed by atoms with Gasteiger partial charge in [0.05, 0.1) is 6.04 Å². The summed E-state index contributed by atoms with van der Waals surface area (Å²) in [4.78, 5) is 5.59. The lowest BCUT2D eigenvalue weighted by Crippen LogP contribution is -2.34. The molecule has 4 heteroatoms. The minimum atomic E-state index is 0.311. The summed E-state index contributed by atoms with van der Waals surface area (Å²) in [5.74, 6) is 0.564. The maximum Gasteiger partial charge on any atom is 0.189 e. The Bertz CT molecular complexity index is 306. The minimum Gasteiger partial charge on any atom is -0.370 e. The van der Waals surface area contributed by atoms with Crippen molar-refractivity contribution in [3.05, 3.63) is 22.4 Å². The zero-order valence-electron chi connectivity index (χ0n) is 10.1. The topological polar surface area (TPSA) is 50.4 Å². The predicted molar refractivity (Wildman–Crippen MR) is 71.9 cm³/mol. The predicted octanol–water partition coefficient (Wildman–Crippen LogP) is 2.90. The second kappa shape index (κ2) is 7.28. The lowest BCUT2D eigenvalue weighted by atomic mass is 10.1. The van der Waals surface area contributed by atoms with Gasteiger partial charge in [-0.2, -0.15) is 0 Å². The van der Waals surface area contributed by atoms with E-state index in [9.17, 15) is 0 Å². The number of guanidine groups is 1. The summed E-state index contributed by atoms with van der Waals surface area (Å²) in [6, 6.07) is 4.53. The van der Waals surface area contributed by atoms with Crippen LogP contribution in [-0.2, 0) is 0 Å². The average molecular weight is 239 g/mol. The van der Waals surface area contributed by atoms with E-state index in [0.717, 1.165) is 25.8 Å². The maximum absolute atomic E-state index is 5.84. The second-order valence-electron chi connectivity index (χ2n) is 3.77. The minimum absolute atomic E-state index is 0.311. The molecule has 0 saturated heterocycles. The number of hydrogen-bond donors (Lipinski definition) is 2. The van der Waals surface area contributed by atoms with Gasteiger partial charge in [0.2, 0.25) is 0 Å². The molecular formula is C12H21N3S. The molecule has 0 aliphatic carbocycles. The Morgan fingerprint density at radius 2 is 2.31 bits per heavy atom. The van der Waals surface area contributed by atoms with Crippen molar-refractivity contribution in [3.8, 4) is 0 Å². The summed E-state index contributed by atoms with van der Waals surface area (Å²) >= 11 is 1.76. The molecule has 1 rings (SSSR count).